The molecular formula is C16H18N2O3S2. The van der Waals surface area contributed by atoms with E-state index in [4.69, 9.17) is 4.74 Å². The van der Waals surface area contributed by atoms with E-state index in [9.17, 15) is 9.59 Å². The number of ketones is 1. The fraction of sp³-hybridized carbons (Fsp3) is 0.312. The molecule has 5 nitrogen and oxygen atoms in total. The zero-order valence-electron chi connectivity index (χ0n) is 13.4. The molecule has 0 aliphatic carbocycles. The summed E-state index contributed by atoms with van der Waals surface area (Å²) in [6, 6.07) is 7.40. The molecule has 2 aromatic rings. The molecule has 1 heterocycles. The van der Waals surface area contributed by atoms with E-state index in [0.717, 1.165) is 9.10 Å². The molecule has 0 saturated heterocycles. The quantitative estimate of drug-likeness (QED) is 0.799. The smallest absolute Gasteiger partial charge is 0.413 e. The zero-order chi connectivity index (χ0) is 17.0. The van der Waals surface area contributed by atoms with Crippen LogP contribution < -0.4 is 5.32 Å². The predicted octanol–water partition coefficient (Wildman–Crippen LogP) is 4.84. The van der Waals surface area contributed by atoms with Crippen LogP contribution in [0.4, 0.5) is 9.93 Å². The normalized spacial score (nSPS) is 11.1. The van der Waals surface area contributed by atoms with Crippen molar-refractivity contribution >= 4 is 40.1 Å². The van der Waals surface area contributed by atoms with Gasteiger partial charge in [0.15, 0.2) is 10.9 Å². The zero-order valence-corrected chi connectivity index (χ0v) is 15.0. The van der Waals surface area contributed by atoms with Gasteiger partial charge in [0, 0.05) is 10.5 Å². The van der Waals surface area contributed by atoms with Crippen molar-refractivity contribution in [1.82, 2.24) is 4.98 Å². The number of amides is 1. The molecule has 0 unspecified atom stereocenters. The fourth-order valence-corrected chi connectivity index (χ4v) is 3.55. The van der Waals surface area contributed by atoms with Crippen LogP contribution in [0.15, 0.2) is 39.6 Å². The second-order valence-electron chi connectivity index (χ2n) is 5.80. The lowest BCUT2D eigenvalue weighted by Gasteiger charge is -2.18. The first-order chi connectivity index (χ1) is 10.7. The average molecular weight is 350 g/mol. The first-order valence-corrected chi connectivity index (χ1v) is 8.61. The lowest BCUT2D eigenvalue weighted by atomic mass is 10.2. The summed E-state index contributed by atoms with van der Waals surface area (Å²) in [5.41, 5.74) is 0.123. The van der Waals surface area contributed by atoms with Gasteiger partial charge >= 0.3 is 6.09 Å². The molecule has 1 N–H and O–H groups in total. The minimum Gasteiger partial charge on any atom is -0.444 e. The van der Waals surface area contributed by atoms with Gasteiger partial charge in [-0.25, -0.2) is 9.78 Å². The largest absolute Gasteiger partial charge is 0.444 e. The molecule has 7 heteroatoms. The van der Waals surface area contributed by atoms with Gasteiger partial charge in [0.2, 0.25) is 0 Å². The second-order valence-corrected chi connectivity index (χ2v) is 8.20. The molecule has 0 aliphatic rings. The predicted molar refractivity (Wildman–Crippen MR) is 92.5 cm³/mol. The van der Waals surface area contributed by atoms with E-state index in [1.54, 1.807) is 40.0 Å². The third-order valence-electron chi connectivity index (χ3n) is 2.55. The highest BCUT2D eigenvalue weighted by molar-refractivity contribution is 8.01. The Morgan fingerprint density at radius 1 is 1.30 bits per heavy atom. The number of hydrogen-bond acceptors (Lipinski definition) is 6. The Morgan fingerprint density at radius 3 is 2.70 bits per heavy atom. The van der Waals surface area contributed by atoms with Gasteiger partial charge in [-0.2, -0.15) is 0 Å². The molecule has 122 valence electrons. The molecule has 0 bridgehead atoms. The molecule has 0 saturated carbocycles. The van der Waals surface area contributed by atoms with E-state index in [1.807, 2.05) is 18.2 Å². The third kappa shape index (κ3) is 5.69. The van der Waals surface area contributed by atoms with Gasteiger partial charge in [-0.15, -0.1) is 0 Å². The van der Waals surface area contributed by atoms with Crippen molar-refractivity contribution < 1.29 is 14.3 Å². The number of Topliss-reactive ketones (excluding diaryl/α,β-unsaturated/α-hetero) is 1. The average Bonchev–Trinajstić information content (AvgIpc) is 2.83. The van der Waals surface area contributed by atoms with Crippen molar-refractivity contribution in [2.45, 2.75) is 42.4 Å². The highest BCUT2D eigenvalue weighted by atomic mass is 32.2. The Bertz CT molecular complexity index is 720. The number of aromatic nitrogens is 1. The maximum absolute atomic E-state index is 11.7. The van der Waals surface area contributed by atoms with Gasteiger partial charge in [-0.1, -0.05) is 35.2 Å². The van der Waals surface area contributed by atoms with E-state index >= 15 is 0 Å². The van der Waals surface area contributed by atoms with Crippen LogP contribution >= 0.6 is 23.1 Å². The van der Waals surface area contributed by atoms with E-state index in [1.165, 1.54) is 23.1 Å². The summed E-state index contributed by atoms with van der Waals surface area (Å²) >= 11 is 2.84. The molecule has 1 aromatic carbocycles. The summed E-state index contributed by atoms with van der Waals surface area (Å²) < 4.78 is 6.10. The molecule has 23 heavy (non-hydrogen) atoms. The first-order valence-electron chi connectivity index (χ1n) is 6.97. The molecule has 0 atom stereocenters. The summed E-state index contributed by atoms with van der Waals surface area (Å²) in [5, 5.41) is 3.09. The molecule has 0 fully saturated rings. The van der Waals surface area contributed by atoms with Gasteiger partial charge in [0.25, 0.3) is 0 Å². The van der Waals surface area contributed by atoms with Gasteiger partial charge in [0.05, 0.1) is 10.4 Å². The van der Waals surface area contributed by atoms with E-state index < -0.39 is 11.7 Å². The molecule has 2 rings (SSSR count). The monoisotopic (exact) mass is 350 g/mol. The van der Waals surface area contributed by atoms with Crippen molar-refractivity contribution in [3.8, 4) is 0 Å². The number of nitrogens with zero attached hydrogens (tertiary/aromatic N) is 1. The number of thiazole rings is 1. The Hall–Kier alpha value is -1.86. The molecule has 1 aromatic heterocycles. The van der Waals surface area contributed by atoms with Crippen LogP contribution in [0.1, 0.15) is 38.1 Å². The summed E-state index contributed by atoms with van der Waals surface area (Å²) in [4.78, 5) is 28.2. The van der Waals surface area contributed by atoms with Crippen LogP contribution in [-0.2, 0) is 4.74 Å². The number of benzene rings is 1. The number of carbonyl (C=O) groups excluding carboxylic acids is 2. The van der Waals surface area contributed by atoms with Crippen molar-refractivity contribution in [2.24, 2.45) is 0 Å². The minimum atomic E-state index is -0.550. The molecule has 0 radical (unpaired) electrons. The highest BCUT2D eigenvalue weighted by Gasteiger charge is 2.17. The van der Waals surface area contributed by atoms with Crippen LogP contribution in [0.3, 0.4) is 0 Å². The number of ether oxygens (including phenoxy) is 1. The second kappa shape index (κ2) is 7.14. The molecular weight excluding hydrogens is 332 g/mol. The minimum absolute atomic E-state index is 0.0315. The van der Waals surface area contributed by atoms with Crippen molar-refractivity contribution in [3.63, 3.8) is 0 Å². The van der Waals surface area contributed by atoms with Crippen molar-refractivity contribution in [3.05, 3.63) is 36.0 Å². The maximum atomic E-state index is 11.7. The summed E-state index contributed by atoms with van der Waals surface area (Å²) in [7, 11) is 0. The number of anilines is 1. The third-order valence-corrected chi connectivity index (χ3v) is 4.56. The Labute approximate surface area is 143 Å². The molecule has 1 amide bonds. The Morgan fingerprint density at radius 2 is 2.04 bits per heavy atom. The SMILES string of the molecule is CC(=O)c1cccc(Sc2cnc(NC(=O)OC(C)(C)C)s2)c1. The Kier molecular flexibility index (Phi) is 5.43. The highest BCUT2D eigenvalue weighted by Crippen LogP contribution is 2.34. The van der Waals surface area contributed by atoms with E-state index in [-0.39, 0.29) is 5.78 Å². The van der Waals surface area contributed by atoms with Gasteiger partial charge in [-0.05, 0) is 39.8 Å². The maximum Gasteiger partial charge on any atom is 0.413 e. The number of rotatable bonds is 4. The standard InChI is InChI=1S/C16H18N2O3S2/c1-10(19)11-6-5-7-12(8-11)22-13-9-17-14(23-13)18-15(20)21-16(2,3)4/h5-9H,1-4H3,(H,17,18,20). The summed E-state index contributed by atoms with van der Waals surface area (Å²) in [6.45, 7) is 6.95. The molecule has 0 spiro atoms. The lowest BCUT2D eigenvalue weighted by molar-refractivity contribution is 0.0635. The number of carbonyl (C=O) groups is 2. The first kappa shape index (κ1) is 17.5. The molecule has 0 aliphatic heterocycles. The fourth-order valence-electron chi connectivity index (χ4n) is 1.65. The van der Waals surface area contributed by atoms with Crippen LogP contribution in [0.5, 0.6) is 0 Å². The van der Waals surface area contributed by atoms with E-state index in [0.29, 0.717) is 10.7 Å². The Balaban J connectivity index is 2.01. The van der Waals surface area contributed by atoms with Crippen molar-refractivity contribution in [2.75, 3.05) is 5.32 Å². The van der Waals surface area contributed by atoms with Gasteiger partial charge < -0.3 is 4.74 Å². The van der Waals surface area contributed by atoms with Crippen molar-refractivity contribution in [1.29, 1.82) is 0 Å². The topological polar surface area (TPSA) is 68.3 Å². The van der Waals surface area contributed by atoms with Crippen LogP contribution in [0.2, 0.25) is 0 Å². The lowest BCUT2D eigenvalue weighted by Crippen LogP contribution is -2.27. The van der Waals surface area contributed by atoms with E-state index in [2.05, 4.69) is 10.3 Å². The number of nitrogens with one attached hydrogen (secondary N) is 1. The van der Waals surface area contributed by atoms with Crippen LogP contribution in [0, 0.1) is 0 Å². The van der Waals surface area contributed by atoms with Gasteiger partial charge in [0.1, 0.15) is 5.60 Å². The van der Waals surface area contributed by atoms with Gasteiger partial charge in [-0.3, -0.25) is 10.1 Å². The number of hydrogen-bond donors (Lipinski definition) is 1. The summed E-state index contributed by atoms with van der Waals surface area (Å²) in [6.07, 6.45) is 1.16. The van der Waals surface area contributed by atoms with Crippen LogP contribution in [-0.4, -0.2) is 22.5 Å². The van der Waals surface area contributed by atoms with Crippen LogP contribution in [0.25, 0.3) is 0 Å². The summed E-state index contributed by atoms with van der Waals surface area (Å²) in [5.74, 6) is 0.0315.